The van der Waals surface area contributed by atoms with Gasteiger partial charge >= 0.3 is 5.97 Å². The molecule has 138 heavy (non-hydrogen) atoms. The van der Waals surface area contributed by atoms with Crippen LogP contribution in [0.25, 0.3) is 0 Å². The summed E-state index contributed by atoms with van der Waals surface area (Å²) in [6.07, 6.45) is -112. The maximum absolute atomic E-state index is 13.8. The van der Waals surface area contributed by atoms with Crippen LogP contribution in [0.2, 0.25) is 0 Å². The molecule has 0 unspecified atom stereocenters. The van der Waals surface area contributed by atoms with Crippen molar-refractivity contribution in [3.8, 4) is 0 Å². The van der Waals surface area contributed by atoms with Crippen LogP contribution in [-0.4, -0.2) is 596 Å². The molecule has 0 aliphatic carbocycles. The van der Waals surface area contributed by atoms with Gasteiger partial charge in [-0.3, -0.25) is 19.2 Å². The number of carboxylic acid groups (broad SMARTS) is 1. The number of amides is 4. The number of aliphatic carboxylic acids is 1. The lowest BCUT2D eigenvalue weighted by atomic mass is 9.88. The molecule has 0 aromatic carbocycles. The molecule has 10 aliphatic rings. The highest BCUT2D eigenvalue weighted by Crippen LogP contribution is 2.44. The maximum atomic E-state index is 13.8. The van der Waals surface area contributed by atoms with Gasteiger partial charge in [0.15, 0.2) is 56.6 Å². The summed E-state index contributed by atoms with van der Waals surface area (Å²) >= 11 is 0. The normalized spacial score (nSPS) is 46.7. The fraction of sp³-hybridized carbons (Fsp3) is 0.935. The van der Waals surface area contributed by atoms with E-state index in [9.17, 15) is 187 Å². The molecule has 61 heteroatoms. The van der Waals surface area contributed by atoms with Crippen LogP contribution in [0.1, 0.15) is 48.0 Å². The zero-order chi connectivity index (χ0) is 102. The van der Waals surface area contributed by atoms with Gasteiger partial charge in [0.05, 0.1) is 90.4 Å². The molecular formula is C77H130N4O57. The minimum absolute atomic E-state index is 0.815. The minimum Gasteiger partial charge on any atom is -0.477 e. The molecule has 0 saturated carbocycles. The largest absolute Gasteiger partial charge is 0.477 e. The smallest absolute Gasteiger partial charge is 0.364 e. The number of hydrogen-bond acceptors (Lipinski definition) is 56. The average molecular weight is 2020 g/mol. The summed E-state index contributed by atoms with van der Waals surface area (Å²) in [5.41, 5.74) is 0. The topological polar surface area (TPSA) is 965 Å². The molecule has 800 valence electrons. The predicted octanol–water partition coefficient (Wildman–Crippen LogP) is -23.5. The first-order chi connectivity index (χ1) is 65.0. The van der Waals surface area contributed by atoms with E-state index in [4.69, 9.17) is 94.7 Å². The summed E-state index contributed by atoms with van der Waals surface area (Å²) in [5, 5.41) is 367. The monoisotopic (exact) mass is 2020 g/mol. The Balaban J connectivity index is 0.969. The zero-order valence-electron chi connectivity index (χ0n) is 74.5. The number of aliphatic hydroxyl groups is 31. The molecule has 10 aliphatic heterocycles. The predicted molar refractivity (Wildman–Crippen MR) is 425 cm³/mol. The molecule has 10 saturated heterocycles. The Morgan fingerprint density at radius 3 is 1.09 bits per heavy atom. The molecule has 0 bridgehead atoms. The summed E-state index contributed by atoms with van der Waals surface area (Å²) < 4.78 is 120. The maximum Gasteiger partial charge on any atom is 0.364 e. The number of carbonyl (C=O) groups is 5. The van der Waals surface area contributed by atoms with Crippen LogP contribution in [-0.2, 0) is 119 Å². The summed E-state index contributed by atoms with van der Waals surface area (Å²) in [4.78, 5) is 66.4. The molecule has 0 aromatic rings. The van der Waals surface area contributed by atoms with Gasteiger partial charge in [-0.15, -0.1) is 0 Å². The third-order valence-electron chi connectivity index (χ3n) is 25.1. The van der Waals surface area contributed by atoms with Gasteiger partial charge in [0.1, 0.15) is 250 Å². The minimum atomic E-state index is -3.43. The van der Waals surface area contributed by atoms with E-state index in [1.54, 1.807) is 0 Å². The average Bonchev–Trinajstić information content (AvgIpc) is 0.478. The van der Waals surface area contributed by atoms with Gasteiger partial charge in [-0.2, -0.15) is 0 Å². The number of nitrogens with one attached hydrogen (secondary N) is 4. The Kier molecular flexibility index (Phi) is 41.9. The van der Waals surface area contributed by atoms with Crippen LogP contribution < -0.4 is 21.3 Å². The standard InChI is InChI=1S/C77H130N4O57/c1-18-39(99)48(108)51(111)70(120-18)131-59-32(15-89)126-69(38(81-23(6)94)63(59)134-75-56(116)66(45(105)30(13-87)124-75)138-77(76(117)118)7-24(95)35(78-20(3)91)61(137-77)42(102)26(97)9-83)136-65-46(106)34(128-74(55(65)115)129-57(27(98)10-84)41(101)25(96)8-82)17-119-67-36(79-21(4)92)47(107)58(31(14-88)125-67)130-73-54(114)64(44(104)29(12-86)123-73)135-68-37(80-22(5)93)62(133-71-52(112)49(109)40(100)19(2)121-71)60(33(16-90)127-68)132-72-53(113)50(110)43(103)28(11-85)122-72/h18-19,24-75,82-90,95-116H,7-17H2,1-6H3,(H,78,91)(H,79,92)(H,80,93)(H,81,94)(H,117,118)/t18-,19-,24-,25-,26+,27+,28+,29+,30+,31+,32+,33+,34+,35+,36+,37+,38+,39+,40+,41+,42+,43-,44-,45-,46-,47+,48+,49+,50-,51-,52-,53+,54+,55+,56+,57+,58+,59+,60+,61+,62+,63+,64-,65-,66-,67+,68-,69-,70-,71-,72-,73-,74-,75-,77-/m0/s1. The van der Waals surface area contributed by atoms with Crippen LogP contribution in [0.15, 0.2) is 0 Å². The second-order valence-corrected chi connectivity index (χ2v) is 34.9. The molecule has 36 N–H and O–H groups in total. The van der Waals surface area contributed by atoms with Gasteiger partial charge in [0.2, 0.25) is 23.6 Å². The third-order valence-corrected chi connectivity index (χ3v) is 25.1. The van der Waals surface area contributed by atoms with Gasteiger partial charge in [-0.1, -0.05) is 0 Å². The van der Waals surface area contributed by atoms with Crippen LogP contribution in [0, 0.1) is 0 Å². The number of aliphatic hydroxyl groups excluding tert-OH is 31. The fourth-order valence-corrected chi connectivity index (χ4v) is 17.6. The van der Waals surface area contributed by atoms with E-state index in [0.29, 0.717) is 0 Å². The number of carboxylic acids is 1. The molecule has 10 fully saturated rings. The van der Waals surface area contributed by atoms with Gasteiger partial charge in [0, 0.05) is 34.1 Å². The van der Waals surface area contributed by atoms with E-state index < -0.39 is 439 Å². The van der Waals surface area contributed by atoms with E-state index in [-0.39, 0.29) is 0 Å². The highest BCUT2D eigenvalue weighted by Gasteiger charge is 2.65. The third kappa shape index (κ3) is 25.6. The lowest BCUT2D eigenvalue weighted by Gasteiger charge is -2.52. The SMILES string of the molecule is CC(=O)N[C@H]1[C@H](OC[C@H]2O[C@@H](O[C@@H]([C@H](O)[C@@H](O)CO)[C@H](O)CO)[C@H](O)[C@@H](O[C@@H]3O[C@H](CO)[C@@H](O[C@@H]4O[C@@H](C)[C@@H](O)[C@@H](O)[C@@H]4O)[C@H](O[C@@H]4O[C@H](CO)[C@H](O)[C@H](O[C@]5(C(=O)O)C[C@H](O)[C@@H](NC(C)=O)[C@H]([C@H](O)[C@H](O)CO)O5)[C@H]4O)[C@H]3NC(C)=O)[C@H]2O)O[C@H](CO)[C@@H](O[C@@H]2O[C@H](CO)[C@H](O)[C@H](O[C@@H]3O[C@H](CO)[C@@H](O[C@@H]4O[C@H](CO)[C@H](O)[C@H](O)[C@H]4O)[C@H](O[C@@H]4O[C@@H](C)[C@@H](O)[C@@H](O)[C@@H]4O)[C@H]3NC(C)=O)[C@H]2O)[C@@H]1O. The molecule has 0 spiro atoms. The Bertz CT molecular complexity index is 3800. The fourth-order valence-electron chi connectivity index (χ4n) is 17.6. The summed E-state index contributed by atoms with van der Waals surface area (Å²) in [6, 6.07) is -8.16. The van der Waals surface area contributed by atoms with Gasteiger partial charge in [0.25, 0.3) is 5.79 Å². The van der Waals surface area contributed by atoms with Crippen molar-refractivity contribution in [2.45, 2.75) is 385 Å². The number of carbonyl (C=O) groups excluding carboxylic acids is 4. The summed E-state index contributed by atoms with van der Waals surface area (Å²) in [7, 11) is 0. The van der Waals surface area contributed by atoms with Crippen molar-refractivity contribution in [3.63, 3.8) is 0 Å². The van der Waals surface area contributed by atoms with E-state index in [1.807, 2.05) is 0 Å². The van der Waals surface area contributed by atoms with Crippen molar-refractivity contribution in [2.75, 3.05) is 66.1 Å². The molecule has 0 aromatic heterocycles. The lowest BCUT2D eigenvalue weighted by Crippen LogP contribution is -2.72. The Labute approximate surface area is 781 Å². The van der Waals surface area contributed by atoms with Crippen molar-refractivity contribution in [3.05, 3.63) is 0 Å². The summed E-state index contributed by atoms with van der Waals surface area (Å²) in [5.74, 6) is -9.78. The van der Waals surface area contributed by atoms with Crippen LogP contribution >= 0.6 is 0 Å². The molecular weight excluding hydrogens is 1890 g/mol. The van der Waals surface area contributed by atoms with Crippen molar-refractivity contribution in [1.29, 1.82) is 0 Å². The van der Waals surface area contributed by atoms with Crippen molar-refractivity contribution >= 4 is 29.6 Å². The highest BCUT2D eigenvalue weighted by molar-refractivity contribution is 5.77. The van der Waals surface area contributed by atoms with Gasteiger partial charge < -0.3 is 279 Å². The first kappa shape index (κ1) is 115. The summed E-state index contributed by atoms with van der Waals surface area (Å²) in [6.45, 7) is -6.66. The first-order valence-corrected chi connectivity index (χ1v) is 43.9. The Morgan fingerprint density at radius 2 is 0.659 bits per heavy atom. The molecule has 10 rings (SSSR count). The second-order valence-electron chi connectivity index (χ2n) is 34.9. The van der Waals surface area contributed by atoms with Crippen LogP contribution in [0.4, 0.5) is 0 Å². The second kappa shape index (κ2) is 50.1. The Hall–Kier alpha value is -4.69. The molecule has 0 radical (unpaired) electrons. The van der Waals surface area contributed by atoms with Crippen LogP contribution in [0.5, 0.6) is 0 Å². The van der Waals surface area contributed by atoms with E-state index in [1.165, 1.54) is 13.8 Å². The molecule has 10 heterocycles. The van der Waals surface area contributed by atoms with E-state index >= 15 is 0 Å². The molecule has 61 nitrogen and oxygen atoms in total. The molecule has 55 atom stereocenters. The van der Waals surface area contributed by atoms with Crippen molar-refractivity contribution in [2.24, 2.45) is 0 Å². The zero-order valence-corrected chi connectivity index (χ0v) is 74.5. The lowest BCUT2D eigenvalue weighted by molar-refractivity contribution is -0.398. The Morgan fingerprint density at radius 1 is 0.326 bits per heavy atom. The molecule has 4 amide bonds. The quantitative estimate of drug-likeness (QED) is 0.0271. The first-order valence-electron chi connectivity index (χ1n) is 43.9. The number of ether oxygens (including phenoxy) is 20. The number of rotatable bonds is 40. The van der Waals surface area contributed by atoms with Crippen molar-refractivity contribution < 1.29 is 282 Å². The highest BCUT2D eigenvalue weighted by atomic mass is 16.8. The van der Waals surface area contributed by atoms with Gasteiger partial charge in [-0.05, 0) is 13.8 Å². The van der Waals surface area contributed by atoms with Crippen molar-refractivity contribution in [1.82, 2.24) is 21.3 Å². The van der Waals surface area contributed by atoms with Crippen LogP contribution in [0.3, 0.4) is 0 Å². The van der Waals surface area contributed by atoms with Gasteiger partial charge in [-0.25, -0.2) is 4.79 Å². The number of hydrogen-bond donors (Lipinski definition) is 36. The van der Waals surface area contributed by atoms with E-state index in [2.05, 4.69) is 21.3 Å². The van der Waals surface area contributed by atoms with E-state index in [0.717, 1.165) is 27.7 Å².